The molecule has 0 aliphatic rings. The van der Waals surface area contributed by atoms with E-state index in [-0.39, 0.29) is 6.61 Å². The van der Waals surface area contributed by atoms with E-state index in [0.29, 0.717) is 6.61 Å². The molecule has 0 aliphatic heterocycles. The van der Waals surface area contributed by atoms with E-state index >= 15 is 0 Å². The van der Waals surface area contributed by atoms with Crippen molar-refractivity contribution < 1.29 is 14.3 Å². The topological polar surface area (TPSA) is 47.6 Å². The van der Waals surface area contributed by atoms with E-state index < -0.39 is 6.09 Å². The lowest BCUT2D eigenvalue weighted by Gasteiger charge is -2.12. The Labute approximate surface area is 171 Å². The Balaban J connectivity index is 1.54. The summed E-state index contributed by atoms with van der Waals surface area (Å²) >= 11 is 0. The zero-order chi connectivity index (χ0) is 20.5. The molecule has 29 heavy (non-hydrogen) atoms. The number of alkyl carbamates (subject to hydrolysis) is 1. The fraction of sp³-hybridized carbons (Fsp3) is 0.160. The number of ether oxygens (including phenoxy) is 2. The summed E-state index contributed by atoms with van der Waals surface area (Å²) in [7, 11) is 0. The Hall–Kier alpha value is -3.53. The molecule has 0 fully saturated rings. The number of hydrogen-bond donors (Lipinski definition) is 1. The number of allylic oxidation sites excluding steroid dienone is 2. The Kier molecular flexibility index (Phi) is 7.06. The van der Waals surface area contributed by atoms with Crippen LogP contribution in [0.3, 0.4) is 0 Å². The molecule has 0 bridgehead atoms. The maximum atomic E-state index is 12.0. The minimum Gasteiger partial charge on any atom is -0.489 e. The predicted molar refractivity (Wildman–Crippen MR) is 115 cm³/mol. The molecule has 0 aliphatic carbocycles. The number of rotatable bonds is 7. The van der Waals surface area contributed by atoms with E-state index in [4.69, 9.17) is 9.47 Å². The Morgan fingerprint density at radius 1 is 0.759 bits per heavy atom. The van der Waals surface area contributed by atoms with E-state index in [0.717, 1.165) is 33.7 Å². The van der Waals surface area contributed by atoms with E-state index in [1.165, 1.54) is 0 Å². The average molecular weight is 387 g/mol. The summed E-state index contributed by atoms with van der Waals surface area (Å²) in [6, 6.07) is 27.5. The molecule has 1 N–H and O–H groups in total. The van der Waals surface area contributed by atoms with Gasteiger partial charge in [0.25, 0.3) is 0 Å². The molecule has 0 aromatic heterocycles. The smallest absolute Gasteiger partial charge is 0.411 e. The van der Waals surface area contributed by atoms with Crippen molar-refractivity contribution in [1.29, 1.82) is 0 Å². The van der Waals surface area contributed by atoms with Crippen LogP contribution < -0.4 is 10.1 Å². The maximum absolute atomic E-state index is 12.0. The van der Waals surface area contributed by atoms with Crippen molar-refractivity contribution in [2.75, 3.05) is 0 Å². The van der Waals surface area contributed by atoms with E-state index in [9.17, 15) is 4.79 Å². The third kappa shape index (κ3) is 6.25. The summed E-state index contributed by atoms with van der Waals surface area (Å²) in [5, 5.41) is 2.80. The van der Waals surface area contributed by atoms with Gasteiger partial charge in [0.2, 0.25) is 0 Å². The van der Waals surface area contributed by atoms with Gasteiger partial charge in [-0.05, 0) is 48.2 Å². The van der Waals surface area contributed by atoms with Crippen LogP contribution in [-0.2, 0) is 18.0 Å². The van der Waals surface area contributed by atoms with Gasteiger partial charge in [0.1, 0.15) is 19.0 Å². The summed E-state index contributed by atoms with van der Waals surface area (Å²) in [6.45, 7) is 4.60. The van der Waals surface area contributed by atoms with E-state index in [2.05, 4.69) is 5.32 Å². The van der Waals surface area contributed by atoms with Crippen LogP contribution in [0.4, 0.5) is 4.79 Å². The first-order valence-electron chi connectivity index (χ1n) is 9.54. The van der Waals surface area contributed by atoms with Gasteiger partial charge in [-0.3, -0.25) is 5.32 Å². The highest BCUT2D eigenvalue weighted by molar-refractivity contribution is 5.75. The van der Waals surface area contributed by atoms with Gasteiger partial charge in [0.05, 0.1) is 0 Å². The fourth-order valence-corrected chi connectivity index (χ4v) is 2.76. The van der Waals surface area contributed by atoms with Crippen molar-refractivity contribution in [3.05, 3.63) is 107 Å². The number of nitrogens with one attached hydrogen (secondary N) is 1. The van der Waals surface area contributed by atoms with Crippen LogP contribution in [-0.4, -0.2) is 6.09 Å². The number of carbonyl (C=O) groups is 1. The first kappa shape index (κ1) is 20.2. The number of hydrogen-bond acceptors (Lipinski definition) is 3. The molecule has 4 nitrogen and oxygen atoms in total. The van der Waals surface area contributed by atoms with Crippen LogP contribution in [0.5, 0.6) is 5.75 Å². The first-order chi connectivity index (χ1) is 14.1. The lowest BCUT2D eigenvalue weighted by atomic mass is 10.1. The largest absolute Gasteiger partial charge is 0.489 e. The van der Waals surface area contributed by atoms with Gasteiger partial charge in [-0.15, -0.1) is 0 Å². The van der Waals surface area contributed by atoms with Gasteiger partial charge in [0, 0.05) is 5.70 Å². The molecular formula is C25H25NO3. The van der Waals surface area contributed by atoms with Gasteiger partial charge < -0.3 is 9.47 Å². The summed E-state index contributed by atoms with van der Waals surface area (Å²) < 4.78 is 11.1. The molecule has 0 radical (unpaired) electrons. The zero-order valence-electron chi connectivity index (χ0n) is 16.7. The predicted octanol–water partition coefficient (Wildman–Crippen LogP) is 5.94. The molecule has 0 atom stereocenters. The van der Waals surface area contributed by atoms with Crippen molar-refractivity contribution in [2.24, 2.45) is 0 Å². The van der Waals surface area contributed by atoms with Gasteiger partial charge in [-0.25, -0.2) is 4.79 Å². The van der Waals surface area contributed by atoms with Crippen LogP contribution >= 0.6 is 0 Å². The monoisotopic (exact) mass is 387 g/mol. The molecule has 0 unspecified atom stereocenters. The summed E-state index contributed by atoms with van der Waals surface area (Å²) in [4.78, 5) is 12.0. The van der Waals surface area contributed by atoms with Gasteiger partial charge in [-0.1, -0.05) is 72.8 Å². The lowest BCUT2D eigenvalue weighted by Crippen LogP contribution is -2.23. The molecule has 1 amide bonds. The molecule has 4 heteroatoms. The van der Waals surface area contributed by atoms with Gasteiger partial charge in [0.15, 0.2) is 0 Å². The maximum Gasteiger partial charge on any atom is 0.411 e. The highest BCUT2D eigenvalue weighted by Crippen LogP contribution is 2.21. The van der Waals surface area contributed by atoms with Crippen molar-refractivity contribution in [3.63, 3.8) is 0 Å². The Morgan fingerprint density at radius 3 is 1.90 bits per heavy atom. The second-order valence-electron chi connectivity index (χ2n) is 6.74. The highest BCUT2D eigenvalue weighted by atomic mass is 16.5. The zero-order valence-corrected chi connectivity index (χ0v) is 16.7. The SMILES string of the molecule is CC(NC(=O)OCc1ccccc1)=C(C)c1ccc(OCc2ccccc2)cc1. The molecule has 3 aromatic rings. The Morgan fingerprint density at radius 2 is 1.31 bits per heavy atom. The minimum absolute atomic E-state index is 0.243. The quantitative estimate of drug-likeness (QED) is 0.545. The summed E-state index contributed by atoms with van der Waals surface area (Å²) in [5.41, 5.74) is 4.81. The number of amides is 1. The van der Waals surface area contributed by atoms with Crippen molar-refractivity contribution in [1.82, 2.24) is 5.32 Å². The van der Waals surface area contributed by atoms with Crippen molar-refractivity contribution in [2.45, 2.75) is 27.1 Å². The standard InChI is InChI=1S/C25H25NO3/c1-19(20(2)26-25(27)29-18-22-11-7-4-8-12-22)23-13-15-24(16-14-23)28-17-21-9-5-3-6-10-21/h3-16H,17-18H2,1-2H3,(H,26,27). The van der Waals surface area contributed by atoms with Crippen LogP contribution in [0.1, 0.15) is 30.5 Å². The molecular weight excluding hydrogens is 362 g/mol. The normalized spacial score (nSPS) is 11.4. The number of benzene rings is 3. The third-order valence-electron chi connectivity index (χ3n) is 4.60. The van der Waals surface area contributed by atoms with Crippen LogP contribution in [0.25, 0.3) is 5.57 Å². The lowest BCUT2D eigenvalue weighted by molar-refractivity contribution is 0.142. The number of carbonyl (C=O) groups excluding carboxylic acids is 1. The first-order valence-corrected chi connectivity index (χ1v) is 9.54. The van der Waals surface area contributed by atoms with E-state index in [1.54, 1.807) is 0 Å². The molecule has 0 heterocycles. The minimum atomic E-state index is -0.464. The fourth-order valence-electron chi connectivity index (χ4n) is 2.76. The average Bonchev–Trinajstić information content (AvgIpc) is 2.77. The summed E-state index contributed by atoms with van der Waals surface area (Å²) in [5.74, 6) is 0.804. The third-order valence-corrected chi connectivity index (χ3v) is 4.60. The van der Waals surface area contributed by atoms with Gasteiger partial charge >= 0.3 is 6.09 Å². The molecule has 3 aromatic carbocycles. The molecule has 0 saturated carbocycles. The van der Waals surface area contributed by atoms with Crippen LogP contribution in [0.15, 0.2) is 90.6 Å². The van der Waals surface area contributed by atoms with Crippen LogP contribution in [0.2, 0.25) is 0 Å². The Bertz CT molecular complexity index is 948. The van der Waals surface area contributed by atoms with Crippen LogP contribution in [0, 0.1) is 0 Å². The molecule has 0 saturated heterocycles. The van der Waals surface area contributed by atoms with Crippen molar-refractivity contribution in [3.8, 4) is 5.75 Å². The van der Waals surface area contributed by atoms with Gasteiger partial charge in [-0.2, -0.15) is 0 Å². The van der Waals surface area contributed by atoms with Crippen molar-refractivity contribution >= 4 is 11.7 Å². The van der Waals surface area contributed by atoms with E-state index in [1.807, 2.05) is 98.8 Å². The highest BCUT2D eigenvalue weighted by Gasteiger charge is 2.07. The molecule has 0 spiro atoms. The second kappa shape index (κ2) is 10.1. The molecule has 148 valence electrons. The molecule has 3 rings (SSSR count). The second-order valence-corrected chi connectivity index (χ2v) is 6.74. The summed E-state index contributed by atoms with van der Waals surface area (Å²) in [6.07, 6.45) is -0.464.